The fourth-order valence-electron chi connectivity index (χ4n) is 1.34. The van der Waals surface area contributed by atoms with Gasteiger partial charge in [0.05, 0.1) is 29.7 Å². The van der Waals surface area contributed by atoms with Crippen LogP contribution in [0, 0.1) is 6.92 Å². The van der Waals surface area contributed by atoms with Gasteiger partial charge in [0, 0.05) is 13.6 Å². The lowest BCUT2D eigenvalue weighted by Crippen LogP contribution is -2.38. The van der Waals surface area contributed by atoms with Gasteiger partial charge in [-0.15, -0.1) is 0 Å². The molecule has 1 aromatic rings. The average molecular weight is 250 g/mol. The summed E-state index contributed by atoms with van der Waals surface area (Å²) in [5, 5.41) is 2.56. The average Bonchev–Trinajstić information content (AvgIpc) is 2.37. The maximum atomic E-state index is 11.9. The summed E-state index contributed by atoms with van der Waals surface area (Å²) in [7, 11) is 1.68. The van der Waals surface area contributed by atoms with Crippen LogP contribution in [0.15, 0.2) is 12.3 Å². The van der Waals surface area contributed by atoms with Crippen LogP contribution >= 0.6 is 0 Å². The van der Waals surface area contributed by atoms with Crippen LogP contribution < -0.4 is 11.1 Å². The number of likely N-dealkylation sites (N-methyl/N-ethyl adjacent to an activating group) is 1. The van der Waals surface area contributed by atoms with Crippen molar-refractivity contribution in [3.8, 4) is 0 Å². The van der Waals surface area contributed by atoms with Crippen molar-refractivity contribution in [1.82, 2.24) is 15.2 Å². The van der Waals surface area contributed by atoms with Gasteiger partial charge in [0.25, 0.3) is 5.91 Å². The van der Waals surface area contributed by atoms with Gasteiger partial charge in [-0.3, -0.25) is 14.6 Å². The summed E-state index contributed by atoms with van der Waals surface area (Å²) in [5.74, 6) is -0.481. The fourth-order valence-corrected chi connectivity index (χ4v) is 1.34. The third-order valence-electron chi connectivity index (χ3n) is 2.65. The number of carbonyl (C=O) groups is 2. The molecule has 0 atom stereocenters. The number of anilines is 1. The zero-order chi connectivity index (χ0) is 13.7. The number of hydrogen-bond donors (Lipinski definition) is 2. The van der Waals surface area contributed by atoms with Crippen LogP contribution in [0.5, 0.6) is 0 Å². The fraction of sp³-hybridized carbons (Fsp3) is 0.417. The Bertz CT molecular complexity index is 459. The molecule has 0 saturated heterocycles. The molecule has 1 aromatic heterocycles. The number of nitrogens with zero attached hydrogens (tertiary/aromatic N) is 2. The van der Waals surface area contributed by atoms with E-state index < -0.39 is 0 Å². The van der Waals surface area contributed by atoms with Crippen molar-refractivity contribution in [1.29, 1.82) is 0 Å². The van der Waals surface area contributed by atoms with Crippen molar-refractivity contribution in [2.24, 2.45) is 0 Å². The molecule has 0 unspecified atom stereocenters. The van der Waals surface area contributed by atoms with Gasteiger partial charge in [-0.1, -0.05) is 0 Å². The van der Waals surface area contributed by atoms with Crippen molar-refractivity contribution < 1.29 is 9.59 Å². The van der Waals surface area contributed by atoms with Crippen LogP contribution in [-0.4, -0.2) is 41.8 Å². The van der Waals surface area contributed by atoms with Gasteiger partial charge in [0.1, 0.15) is 0 Å². The number of pyridine rings is 1. The first kappa shape index (κ1) is 14.0. The Morgan fingerprint density at radius 1 is 1.50 bits per heavy atom. The van der Waals surface area contributed by atoms with E-state index in [1.165, 1.54) is 11.1 Å². The maximum absolute atomic E-state index is 11.9. The number of amides is 2. The summed E-state index contributed by atoms with van der Waals surface area (Å²) in [6.07, 6.45) is 1.49. The van der Waals surface area contributed by atoms with E-state index in [1.54, 1.807) is 20.0 Å². The smallest absolute Gasteiger partial charge is 0.253 e. The van der Waals surface area contributed by atoms with E-state index in [1.807, 2.05) is 6.92 Å². The minimum absolute atomic E-state index is 0.0303. The number of nitrogens with one attached hydrogen (secondary N) is 1. The first-order chi connectivity index (χ1) is 8.45. The van der Waals surface area contributed by atoms with E-state index >= 15 is 0 Å². The topological polar surface area (TPSA) is 88.3 Å². The summed E-state index contributed by atoms with van der Waals surface area (Å²) in [5.41, 5.74) is 6.96. The normalized spacial score (nSPS) is 9.94. The zero-order valence-corrected chi connectivity index (χ0v) is 10.9. The molecule has 0 aliphatic carbocycles. The molecule has 0 aliphatic rings. The van der Waals surface area contributed by atoms with Crippen LogP contribution in [0.25, 0.3) is 0 Å². The third-order valence-corrected chi connectivity index (χ3v) is 2.65. The third kappa shape index (κ3) is 3.44. The van der Waals surface area contributed by atoms with E-state index in [0.29, 0.717) is 23.5 Å². The Labute approximate surface area is 106 Å². The van der Waals surface area contributed by atoms with Gasteiger partial charge >= 0.3 is 0 Å². The van der Waals surface area contributed by atoms with Crippen LogP contribution in [0.3, 0.4) is 0 Å². The van der Waals surface area contributed by atoms with Gasteiger partial charge in [-0.25, -0.2) is 0 Å². The van der Waals surface area contributed by atoms with Gasteiger partial charge in [0.15, 0.2) is 0 Å². The highest BCUT2D eigenvalue weighted by molar-refractivity contribution is 5.97. The van der Waals surface area contributed by atoms with Crippen LogP contribution in [0.4, 0.5) is 5.69 Å². The minimum Gasteiger partial charge on any atom is -0.397 e. The van der Waals surface area contributed by atoms with Gasteiger partial charge in [-0.2, -0.15) is 0 Å². The van der Waals surface area contributed by atoms with Crippen molar-refractivity contribution in [3.63, 3.8) is 0 Å². The molecule has 3 N–H and O–H groups in total. The van der Waals surface area contributed by atoms with Crippen LogP contribution in [0.1, 0.15) is 23.0 Å². The molecule has 0 fully saturated rings. The lowest BCUT2D eigenvalue weighted by Gasteiger charge is -2.15. The second-order valence-electron chi connectivity index (χ2n) is 3.99. The largest absolute Gasteiger partial charge is 0.397 e. The number of nitrogen functional groups attached to an aromatic ring is 1. The lowest BCUT2D eigenvalue weighted by atomic mass is 10.2. The molecule has 0 saturated carbocycles. The molecule has 0 aromatic carbocycles. The van der Waals surface area contributed by atoms with Gasteiger partial charge in [0.2, 0.25) is 5.91 Å². The molecule has 0 bridgehead atoms. The first-order valence-corrected chi connectivity index (χ1v) is 5.70. The number of aryl methyl sites for hydroxylation is 1. The second-order valence-corrected chi connectivity index (χ2v) is 3.99. The predicted molar refractivity (Wildman–Crippen MR) is 69.0 cm³/mol. The van der Waals surface area contributed by atoms with Gasteiger partial charge in [-0.05, 0) is 19.9 Å². The number of hydrogen-bond acceptors (Lipinski definition) is 4. The predicted octanol–water partition coefficient (Wildman–Crippen LogP) is 0.180. The molecule has 2 amide bonds. The highest BCUT2D eigenvalue weighted by Crippen LogP contribution is 2.08. The van der Waals surface area contributed by atoms with Crippen molar-refractivity contribution >= 4 is 17.5 Å². The molecule has 0 spiro atoms. The Balaban J connectivity index is 2.66. The summed E-state index contributed by atoms with van der Waals surface area (Å²) >= 11 is 0. The maximum Gasteiger partial charge on any atom is 0.253 e. The first-order valence-electron chi connectivity index (χ1n) is 5.70. The molecule has 1 heterocycles. The summed E-state index contributed by atoms with van der Waals surface area (Å²) < 4.78 is 0. The molecule has 0 aliphatic heterocycles. The molecular weight excluding hydrogens is 232 g/mol. The Morgan fingerprint density at radius 3 is 2.78 bits per heavy atom. The molecule has 98 valence electrons. The molecule has 6 nitrogen and oxygen atoms in total. The Hall–Kier alpha value is -2.11. The molecule has 6 heteroatoms. The Kier molecular flexibility index (Phi) is 4.65. The Morgan fingerprint density at radius 2 is 2.17 bits per heavy atom. The molecular formula is C12H18N4O2. The monoisotopic (exact) mass is 250 g/mol. The summed E-state index contributed by atoms with van der Waals surface area (Å²) in [4.78, 5) is 28.9. The number of aromatic nitrogens is 1. The molecule has 1 rings (SSSR count). The van der Waals surface area contributed by atoms with E-state index in [-0.39, 0.29) is 18.4 Å². The molecule has 18 heavy (non-hydrogen) atoms. The minimum atomic E-state index is -0.342. The van der Waals surface area contributed by atoms with E-state index in [4.69, 9.17) is 5.73 Å². The number of carbonyl (C=O) groups excluding carboxylic acids is 2. The molecule has 0 radical (unpaired) electrons. The standard InChI is InChI=1S/C12H18N4O2/c1-4-16(3)11(17)7-15-12(18)10-5-9(13)6-14-8(10)2/h5-6H,4,7,13H2,1-3H3,(H,15,18). The van der Waals surface area contributed by atoms with Crippen molar-refractivity contribution in [3.05, 3.63) is 23.5 Å². The van der Waals surface area contributed by atoms with Crippen LogP contribution in [-0.2, 0) is 4.79 Å². The summed E-state index contributed by atoms with van der Waals surface area (Å²) in [6.45, 7) is 4.16. The van der Waals surface area contributed by atoms with Crippen molar-refractivity contribution in [2.45, 2.75) is 13.8 Å². The SMILES string of the molecule is CCN(C)C(=O)CNC(=O)c1cc(N)cnc1C. The van der Waals surface area contributed by atoms with Gasteiger partial charge < -0.3 is 16.0 Å². The highest BCUT2D eigenvalue weighted by Gasteiger charge is 2.13. The zero-order valence-electron chi connectivity index (χ0n) is 10.9. The van der Waals surface area contributed by atoms with Crippen LogP contribution in [0.2, 0.25) is 0 Å². The highest BCUT2D eigenvalue weighted by atomic mass is 16.2. The lowest BCUT2D eigenvalue weighted by molar-refractivity contribution is -0.128. The van der Waals surface area contributed by atoms with Crippen molar-refractivity contribution in [2.75, 3.05) is 25.9 Å². The summed E-state index contributed by atoms with van der Waals surface area (Å²) in [6, 6.07) is 1.55. The second kappa shape index (κ2) is 6.00. The quantitative estimate of drug-likeness (QED) is 0.798. The number of nitrogens with two attached hydrogens (primary N) is 1. The number of rotatable bonds is 4. The van der Waals surface area contributed by atoms with E-state index in [9.17, 15) is 9.59 Å². The van der Waals surface area contributed by atoms with E-state index in [0.717, 1.165) is 0 Å². The van der Waals surface area contributed by atoms with E-state index in [2.05, 4.69) is 10.3 Å².